The van der Waals surface area contributed by atoms with Crippen molar-refractivity contribution in [3.8, 4) is 0 Å². The Kier molecular flexibility index (Phi) is 4.14. The van der Waals surface area contributed by atoms with Crippen LogP contribution >= 0.6 is 11.6 Å². The lowest BCUT2D eigenvalue weighted by atomic mass is 9.93. The molecular formula is C15H17ClN2O2. The Labute approximate surface area is 123 Å². The maximum absolute atomic E-state index is 11.5. The molecule has 0 radical (unpaired) electrons. The van der Waals surface area contributed by atoms with Gasteiger partial charge in [-0.15, -0.1) is 0 Å². The molecule has 1 atom stereocenters. The molecule has 20 heavy (non-hydrogen) atoms. The molecule has 1 aromatic carbocycles. The first-order valence-corrected chi connectivity index (χ1v) is 6.75. The van der Waals surface area contributed by atoms with Crippen molar-refractivity contribution >= 4 is 17.6 Å². The van der Waals surface area contributed by atoms with Gasteiger partial charge in [0, 0.05) is 13.5 Å². The Bertz CT molecular complexity index is 632. The summed E-state index contributed by atoms with van der Waals surface area (Å²) in [6, 6.07) is 7.54. The average molecular weight is 293 g/mol. The van der Waals surface area contributed by atoms with Gasteiger partial charge in [-0.05, 0) is 19.4 Å². The second kappa shape index (κ2) is 5.67. The summed E-state index contributed by atoms with van der Waals surface area (Å²) in [5.74, 6) is -1.48. The van der Waals surface area contributed by atoms with Crippen LogP contribution in [0, 0.1) is 13.8 Å². The van der Waals surface area contributed by atoms with E-state index in [2.05, 4.69) is 5.10 Å². The number of aryl methyl sites for hydroxylation is 3. The molecule has 1 N–H and O–H groups in total. The number of halogens is 1. The average Bonchev–Trinajstić information content (AvgIpc) is 2.62. The third kappa shape index (κ3) is 2.85. The molecule has 106 valence electrons. The maximum atomic E-state index is 11.5. The molecule has 0 amide bonds. The number of carbonyl (C=O) groups is 1. The van der Waals surface area contributed by atoms with Crippen LogP contribution < -0.4 is 0 Å². The van der Waals surface area contributed by atoms with Crippen LogP contribution in [0.3, 0.4) is 0 Å². The molecule has 4 nitrogen and oxygen atoms in total. The molecule has 0 bridgehead atoms. The lowest BCUT2D eigenvalue weighted by Gasteiger charge is -2.13. The summed E-state index contributed by atoms with van der Waals surface area (Å²) in [5, 5.41) is 14.2. The predicted molar refractivity (Wildman–Crippen MR) is 78.2 cm³/mol. The van der Waals surface area contributed by atoms with Gasteiger partial charge in [-0.25, -0.2) is 0 Å². The molecule has 1 heterocycles. The Morgan fingerprint density at radius 1 is 1.35 bits per heavy atom. The van der Waals surface area contributed by atoms with Gasteiger partial charge >= 0.3 is 5.97 Å². The minimum Gasteiger partial charge on any atom is -0.481 e. The zero-order valence-electron chi connectivity index (χ0n) is 11.7. The largest absolute Gasteiger partial charge is 0.481 e. The molecule has 0 aliphatic rings. The van der Waals surface area contributed by atoms with E-state index >= 15 is 0 Å². The summed E-state index contributed by atoms with van der Waals surface area (Å²) >= 11 is 6.20. The topological polar surface area (TPSA) is 55.1 Å². The summed E-state index contributed by atoms with van der Waals surface area (Å²) in [4.78, 5) is 11.5. The van der Waals surface area contributed by atoms with Gasteiger partial charge in [0.2, 0.25) is 0 Å². The first kappa shape index (κ1) is 14.6. The van der Waals surface area contributed by atoms with Crippen molar-refractivity contribution in [1.82, 2.24) is 9.78 Å². The van der Waals surface area contributed by atoms with Crippen LogP contribution in [0.2, 0.25) is 5.02 Å². The number of carboxylic acids is 1. The third-order valence-electron chi connectivity index (χ3n) is 3.44. The molecule has 1 unspecified atom stereocenters. The van der Waals surface area contributed by atoms with Crippen LogP contribution in [0.15, 0.2) is 24.3 Å². The first-order chi connectivity index (χ1) is 9.40. The maximum Gasteiger partial charge on any atom is 0.311 e. The number of hydrogen-bond acceptors (Lipinski definition) is 2. The fourth-order valence-electron chi connectivity index (χ4n) is 2.24. The standard InChI is InChI=1S/C15H17ClN2O2/c1-9-4-6-11(7-5-9)12(15(19)20)8-13-14(16)10(2)17-18(13)3/h4-7,12H,8H2,1-3H3,(H,19,20). The molecule has 0 fully saturated rings. The molecule has 0 spiro atoms. The van der Waals surface area contributed by atoms with Gasteiger partial charge in [0.1, 0.15) is 0 Å². The van der Waals surface area contributed by atoms with E-state index in [1.807, 2.05) is 38.1 Å². The molecule has 2 aromatic rings. The van der Waals surface area contributed by atoms with Gasteiger partial charge in [-0.3, -0.25) is 9.48 Å². The van der Waals surface area contributed by atoms with Gasteiger partial charge in [0.05, 0.1) is 22.3 Å². The molecule has 0 aliphatic carbocycles. The molecule has 1 aromatic heterocycles. The van der Waals surface area contributed by atoms with Crippen molar-refractivity contribution in [1.29, 1.82) is 0 Å². The quantitative estimate of drug-likeness (QED) is 0.942. The molecular weight excluding hydrogens is 276 g/mol. The van der Waals surface area contributed by atoms with E-state index in [4.69, 9.17) is 11.6 Å². The van der Waals surface area contributed by atoms with Crippen molar-refractivity contribution in [2.75, 3.05) is 0 Å². The lowest BCUT2D eigenvalue weighted by Crippen LogP contribution is -2.16. The number of nitrogens with zero attached hydrogens (tertiary/aromatic N) is 2. The van der Waals surface area contributed by atoms with Crippen LogP contribution in [-0.2, 0) is 18.3 Å². The van der Waals surface area contributed by atoms with E-state index in [9.17, 15) is 9.90 Å². The van der Waals surface area contributed by atoms with Crippen LogP contribution in [-0.4, -0.2) is 20.9 Å². The van der Waals surface area contributed by atoms with Gasteiger partial charge in [-0.2, -0.15) is 5.10 Å². The number of hydrogen-bond donors (Lipinski definition) is 1. The monoisotopic (exact) mass is 292 g/mol. The van der Waals surface area contributed by atoms with Gasteiger partial charge in [-0.1, -0.05) is 41.4 Å². The fraction of sp³-hybridized carbons (Fsp3) is 0.333. The highest BCUT2D eigenvalue weighted by Gasteiger charge is 2.24. The van der Waals surface area contributed by atoms with Crippen LogP contribution in [0.4, 0.5) is 0 Å². The molecule has 2 rings (SSSR count). The predicted octanol–water partition coefficient (Wildman–Crippen LogP) is 3.10. The van der Waals surface area contributed by atoms with E-state index in [1.54, 1.807) is 11.7 Å². The second-order valence-corrected chi connectivity index (χ2v) is 5.35. The number of aromatic nitrogens is 2. The molecule has 0 aliphatic heterocycles. The van der Waals surface area contributed by atoms with Crippen LogP contribution in [0.5, 0.6) is 0 Å². The number of rotatable bonds is 4. The van der Waals surface area contributed by atoms with Crippen LogP contribution in [0.1, 0.15) is 28.4 Å². The zero-order valence-corrected chi connectivity index (χ0v) is 12.5. The van der Waals surface area contributed by atoms with Crippen molar-refractivity contribution < 1.29 is 9.90 Å². The highest BCUT2D eigenvalue weighted by Crippen LogP contribution is 2.27. The molecule has 0 saturated carbocycles. The number of benzene rings is 1. The minimum absolute atomic E-state index is 0.328. The SMILES string of the molecule is Cc1ccc(C(Cc2c(Cl)c(C)nn2C)C(=O)O)cc1. The van der Waals surface area contributed by atoms with Gasteiger partial charge < -0.3 is 5.11 Å². The summed E-state index contributed by atoms with van der Waals surface area (Å²) in [7, 11) is 1.78. The van der Waals surface area contributed by atoms with E-state index < -0.39 is 11.9 Å². The number of carboxylic acid groups (broad SMARTS) is 1. The highest BCUT2D eigenvalue weighted by molar-refractivity contribution is 6.31. The summed E-state index contributed by atoms with van der Waals surface area (Å²) in [5.41, 5.74) is 3.35. The third-order valence-corrected chi connectivity index (χ3v) is 3.93. The van der Waals surface area contributed by atoms with E-state index in [0.717, 1.165) is 22.5 Å². The van der Waals surface area contributed by atoms with Crippen molar-refractivity contribution in [2.24, 2.45) is 7.05 Å². The highest BCUT2D eigenvalue weighted by atomic mass is 35.5. The first-order valence-electron chi connectivity index (χ1n) is 6.37. The van der Waals surface area contributed by atoms with Crippen molar-refractivity contribution in [2.45, 2.75) is 26.2 Å². The van der Waals surface area contributed by atoms with E-state index in [1.165, 1.54) is 0 Å². The summed E-state index contributed by atoms with van der Waals surface area (Å²) in [6.45, 7) is 3.79. The van der Waals surface area contributed by atoms with Crippen LogP contribution in [0.25, 0.3) is 0 Å². The second-order valence-electron chi connectivity index (χ2n) is 4.98. The van der Waals surface area contributed by atoms with E-state index in [0.29, 0.717) is 11.4 Å². The summed E-state index contributed by atoms with van der Waals surface area (Å²) < 4.78 is 1.65. The minimum atomic E-state index is -0.858. The van der Waals surface area contributed by atoms with E-state index in [-0.39, 0.29) is 0 Å². The Morgan fingerprint density at radius 2 is 1.95 bits per heavy atom. The normalized spacial score (nSPS) is 12.4. The fourth-order valence-corrected chi connectivity index (χ4v) is 2.48. The van der Waals surface area contributed by atoms with Gasteiger partial charge in [0.25, 0.3) is 0 Å². The number of aliphatic carboxylic acids is 1. The van der Waals surface area contributed by atoms with Gasteiger partial charge in [0.15, 0.2) is 0 Å². The Morgan fingerprint density at radius 3 is 2.40 bits per heavy atom. The molecule has 5 heteroatoms. The zero-order chi connectivity index (χ0) is 14.9. The smallest absolute Gasteiger partial charge is 0.311 e. The summed E-state index contributed by atoms with van der Waals surface area (Å²) in [6.07, 6.45) is 0.328. The molecule has 0 saturated heterocycles. The lowest BCUT2D eigenvalue weighted by molar-refractivity contribution is -0.138. The Hall–Kier alpha value is -1.81. The van der Waals surface area contributed by atoms with Crippen molar-refractivity contribution in [3.05, 3.63) is 51.8 Å². The Balaban J connectivity index is 2.35. The van der Waals surface area contributed by atoms with Crippen molar-refractivity contribution in [3.63, 3.8) is 0 Å².